The van der Waals surface area contributed by atoms with Gasteiger partial charge in [0.25, 0.3) is 0 Å². The van der Waals surface area contributed by atoms with Crippen molar-refractivity contribution in [1.29, 1.82) is 0 Å². The predicted molar refractivity (Wildman–Crippen MR) is 98.5 cm³/mol. The summed E-state index contributed by atoms with van der Waals surface area (Å²) in [6.45, 7) is 2.61. The summed E-state index contributed by atoms with van der Waals surface area (Å²) in [5.41, 5.74) is 7.34. The largest absolute Gasteiger partial charge is 0.489 e. The van der Waals surface area contributed by atoms with Crippen molar-refractivity contribution < 1.29 is 19.1 Å². The molecule has 0 unspecified atom stereocenters. The smallest absolute Gasteiger partial charge is 0.246 e. The molecule has 3 N–H and O–H groups in total. The van der Waals surface area contributed by atoms with Gasteiger partial charge in [0.15, 0.2) is 0 Å². The number of carbonyl (C=O) groups is 2. The molecule has 0 saturated carbocycles. The lowest BCUT2D eigenvalue weighted by Gasteiger charge is -2.16. The molecule has 26 heavy (non-hydrogen) atoms. The zero-order chi connectivity index (χ0) is 18.8. The second-order valence-electron chi connectivity index (χ2n) is 5.78. The minimum absolute atomic E-state index is 0.0907. The van der Waals surface area contributed by atoms with E-state index in [9.17, 15) is 9.59 Å². The molecule has 2 amide bonds. The van der Waals surface area contributed by atoms with Crippen molar-refractivity contribution in [3.05, 3.63) is 65.7 Å². The molecule has 2 aromatic rings. The molecule has 0 radical (unpaired) electrons. The van der Waals surface area contributed by atoms with Crippen LogP contribution < -0.4 is 15.8 Å². The van der Waals surface area contributed by atoms with Crippen LogP contribution in [0.1, 0.15) is 18.1 Å². The van der Waals surface area contributed by atoms with E-state index >= 15 is 0 Å². The highest BCUT2D eigenvalue weighted by atomic mass is 16.5. The summed E-state index contributed by atoms with van der Waals surface area (Å²) in [6, 6.07) is 16.5. The number of hydrogen-bond donors (Lipinski definition) is 2. The second-order valence-corrected chi connectivity index (χ2v) is 5.78. The first-order valence-corrected chi connectivity index (χ1v) is 8.50. The van der Waals surface area contributed by atoms with E-state index in [0.717, 1.165) is 16.9 Å². The van der Waals surface area contributed by atoms with Gasteiger partial charge in [-0.2, -0.15) is 0 Å². The zero-order valence-electron chi connectivity index (χ0n) is 14.8. The lowest BCUT2D eigenvalue weighted by atomic mass is 10.1. The Morgan fingerprint density at radius 2 is 1.73 bits per heavy atom. The summed E-state index contributed by atoms with van der Waals surface area (Å²) in [5, 5.41) is 2.59. The normalized spacial score (nSPS) is 11.6. The van der Waals surface area contributed by atoms with Crippen LogP contribution in [0.2, 0.25) is 0 Å². The number of rotatable bonds is 10. The Morgan fingerprint density at radius 1 is 1.04 bits per heavy atom. The molecule has 2 rings (SSSR count). The van der Waals surface area contributed by atoms with Crippen LogP contribution in [0, 0.1) is 0 Å². The van der Waals surface area contributed by atoms with Gasteiger partial charge in [0.05, 0.1) is 0 Å². The molecule has 0 aliphatic heterocycles. The Balaban J connectivity index is 1.89. The van der Waals surface area contributed by atoms with E-state index in [1.807, 2.05) is 54.6 Å². The van der Waals surface area contributed by atoms with Gasteiger partial charge in [0, 0.05) is 13.0 Å². The highest BCUT2D eigenvalue weighted by Gasteiger charge is 2.18. The summed E-state index contributed by atoms with van der Waals surface area (Å²) in [5.74, 6) is -0.216. The summed E-state index contributed by atoms with van der Waals surface area (Å²) in [7, 11) is 0. The fourth-order valence-electron chi connectivity index (χ4n) is 2.35. The molecular formula is C20H24N2O4. The van der Waals surface area contributed by atoms with Crippen LogP contribution in [-0.2, 0) is 27.4 Å². The third-order valence-electron chi connectivity index (χ3n) is 3.73. The first-order valence-electron chi connectivity index (χ1n) is 8.50. The molecule has 0 bridgehead atoms. The Bertz CT molecular complexity index is 702. The number of nitrogens with two attached hydrogens (primary N) is 1. The topological polar surface area (TPSA) is 90.7 Å². The van der Waals surface area contributed by atoms with E-state index in [0.29, 0.717) is 19.6 Å². The van der Waals surface area contributed by atoms with Gasteiger partial charge in [-0.15, -0.1) is 0 Å². The number of carbonyl (C=O) groups excluding carboxylic acids is 2. The van der Waals surface area contributed by atoms with Gasteiger partial charge in [0.1, 0.15) is 25.0 Å². The second kappa shape index (κ2) is 10.2. The van der Waals surface area contributed by atoms with Crippen molar-refractivity contribution in [3.63, 3.8) is 0 Å². The van der Waals surface area contributed by atoms with Crippen molar-refractivity contribution in [2.75, 3.05) is 13.2 Å². The average Bonchev–Trinajstić information content (AvgIpc) is 2.66. The van der Waals surface area contributed by atoms with Crippen LogP contribution in [0.4, 0.5) is 0 Å². The van der Waals surface area contributed by atoms with E-state index in [2.05, 4.69) is 5.32 Å². The Labute approximate surface area is 153 Å². The SMILES string of the molecule is CCOCC(=O)N[C@H](Cc1ccc(OCc2ccccc2)cc1)C(N)=O. The molecule has 138 valence electrons. The maximum Gasteiger partial charge on any atom is 0.246 e. The van der Waals surface area contributed by atoms with E-state index in [1.54, 1.807) is 6.92 Å². The highest BCUT2D eigenvalue weighted by Crippen LogP contribution is 2.15. The fraction of sp³-hybridized carbons (Fsp3) is 0.300. The predicted octanol–water partition coefficient (Wildman–Crippen LogP) is 1.81. The maximum atomic E-state index is 11.7. The Morgan fingerprint density at radius 3 is 2.35 bits per heavy atom. The molecule has 0 saturated heterocycles. The van der Waals surface area contributed by atoms with E-state index in [4.69, 9.17) is 15.2 Å². The van der Waals surface area contributed by atoms with Crippen LogP contribution in [0.25, 0.3) is 0 Å². The molecule has 0 heterocycles. The van der Waals surface area contributed by atoms with Crippen molar-refractivity contribution in [2.24, 2.45) is 5.73 Å². The monoisotopic (exact) mass is 356 g/mol. The van der Waals surface area contributed by atoms with Gasteiger partial charge >= 0.3 is 0 Å². The summed E-state index contributed by atoms with van der Waals surface area (Å²) in [6.07, 6.45) is 0.312. The maximum absolute atomic E-state index is 11.7. The quantitative estimate of drug-likeness (QED) is 0.679. The number of amides is 2. The summed E-state index contributed by atoms with van der Waals surface area (Å²) >= 11 is 0. The Kier molecular flexibility index (Phi) is 7.64. The van der Waals surface area contributed by atoms with Crippen LogP contribution in [0.5, 0.6) is 5.75 Å². The summed E-state index contributed by atoms with van der Waals surface area (Å²) < 4.78 is 10.8. The van der Waals surface area contributed by atoms with Gasteiger partial charge in [-0.25, -0.2) is 0 Å². The summed E-state index contributed by atoms with van der Waals surface area (Å²) in [4.78, 5) is 23.3. The standard InChI is InChI=1S/C20H24N2O4/c1-2-25-14-19(23)22-18(20(21)24)12-15-8-10-17(11-9-15)26-13-16-6-4-3-5-7-16/h3-11,18H,2,12-14H2,1H3,(H2,21,24)(H,22,23)/t18-/m1/s1. The zero-order valence-corrected chi connectivity index (χ0v) is 14.8. The van der Waals surface area contributed by atoms with Gasteiger partial charge < -0.3 is 20.5 Å². The molecule has 1 atom stereocenters. The number of benzene rings is 2. The highest BCUT2D eigenvalue weighted by molar-refractivity contribution is 5.87. The molecule has 0 aromatic heterocycles. The van der Waals surface area contributed by atoms with Crippen LogP contribution in [-0.4, -0.2) is 31.1 Å². The van der Waals surface area contributed by atoms with Crippen molar-refractivity contribution in [1.82, 2.24) is 5.32 Å². The Hall–Kier alpha value is -2.86. The van der Waals surface area contributed by atoms with Gasteiger partial charge in [0.2, 0.25) is 11.8 Å². The van der Waals surface area contributed by atoms with E-state index in [-0.39, 0.29) is 12.5 Å². The van der Waals surface area contributed by atoms with Crippen LogP contribution in [0.15, 0.2) is 54.6 Å². The fourth-order valence-corrected chi connectivity index (χ4v) is 2.35. The van der Waals surface area contributed by atoms with E-state index in [1.165, 1.54) is 0 Å². The van der Waals surface area contributed by atoms with Gasteiger partial charge in [-0.05, 0) is 30.2 Å². The van der Waals surface area contributed by atoms with Crippen molar-refractivity contribution in [3.8, 4) is 5.75 Å². The molecule has 0 aliphatic rings. The van der Waals surface area contributed by atoms with Crippen LogP contribution >= 0.6 is 0 Å². The number of hydrogen-bond acceptors (Lipinski definition) is 4. The molecular weight excluding hydrogens is 332 g/mol. The van der Waals surface area contributed by atoms with Crippen molar-refractivity contribution >= 4 is 11.8 Å². The molecule has 0 aliphatic carbocycles. The van der Waals surface area contributed by atoms with Gasteiger partial charge in [-0.1, -0.05) is 42.5 Å². The molecule has 0 spiro atoms. The first-order chi connectivity index (χ1) is 12.6. The molecule has 6 nitrogen and oxygen atoms in total. The third kappa shape index (κ3) is 6.57. The van der Waals surface area contributed by atoms with Gasteiger partial charge in [-0.3, -0.25) is 9.59 Å². The third-order valence-corrected chi connectivity index (χ3v) is 3.73. The van der Waals surface area contributed by atoms with Crippen LogP contribution in [0.3, 0.4) is 0 Å². The average molecular weight is 356 g/mol. The number of nitrogens with one attached hydrogen (secondary N) is 1. The lowest BCUT2D eigenvalue weighted by molar-refractivity contribution is -0.130. The van der Waals surface area contributed by atoms with E-state index < -0.39 is 11.9 Å². The minimum Gasteiger partial charge on any atom is -0.489 e. The van der Waals surface area contributed by atoms with Crippen molar-refractivity contribution in [2.45, 2.75) is 26.0 Å². The first kappa shape index (κ1) is 19.5. The molecule has 6 heteroatoms. The minimum atomic E-state index is -0.779. The number of primary amides is 1. The molecule has 2 aromatic carbocycles. The number of ether oxygens (including phenoxy) is 2. The lowest BCUT2D eigenvalue weighted by Crippen LogP contribution is -2.47. The molecule has 0 fully saturated rings.